The molecule has 1 atom stereocenters. The van der Waals surface area contributed by atoms with Crippen LogP contribution < -0.4 is 20.3 Å². The number of nitriles is 1. The lowest BCUT2D eigenvalue weighted by atomic mass is 9.87. The molecule has 3 heterocycles. The van der Waals surface area contributed by atoms with Gasteiger partial charge in [-0.25, -0.2) is 0 Å². The maximum Gasteiger partial charge on any atom is 0.272 e. The Bertz CT molecular complexity index is 1070. The van der Waals surface area contributed by atoms with Crippen molar-refractivity contribution in [3.05, 3.63) is 46.6 Å². The van der Waals surface area contributed by atoms with Gasteiger partial charge in [0.15, 0.2) is 11.5 Å². The predicted octanol–water partition coefficient (Wildman–Crippen LogP) is 3.31. The largest absolute Gasteiger partial charge is 0.490 e. The topological polar surface area (TPSA) is 103 Å². The van der Waals surface area contributed by atoms with Crippen LogP contribution in [0.15, 0.2) is 30.3 Å². The standard InChI is InChI=1S/C25H29ClN6O2/c26-21-13-20(4-1-17(21)14-27)34-19-5-2-18(3-6-19)29-24(33)22-7-8-23(31-30-22)32-12-10-25(16-32)9-11-28-15-25/h1,4,7-8,13,18-19,28H,2-3,5-6,9-12,15-16H2,(H,29,33). The van der Waals surface area contributed by atoms with E-state index in [0.29, 0.717) is 27.4 Å². The van der Waals surface area contributed by atoms with Gasteiger partial charge in [-0.3, -0.25) is 4.79 Å². The van der Waals surface area contributed by atoms with Crippen molar-refractivity contribution in [2.75, 3.05) is 31.1 Å². The maximum absolute atomic E-state index is 12.7. The normalized spacial score (nSPS) is 26.4. The summed E-state index contributed by atoms with van der Waals surface area (Å²) in [6.45, 7) is 4.16. The minimum absolute atomic E-state index is 0.0649. The van der Waals surface area contributed by atoms with Crippen LogP contribution in [0.25, 0.3) is 0 Å². The molecule has 5 rings (SSSR count). The molecule has 1 amide bonds. The molecule has 34 heavy (non-hydrogen) atoms. The van der Waals surface area contributed by atoms with E-state index in [2.05, 4.69) is 25.7 Å². The quantitative estimate of drug-likeness (QED) is 0.676. The molecule has 2 aromatic rings. The van der Waals surface area contributed by atoms with Crippen molar-refractivity contribution < 1.29 is 9.53 Å². The van der Waals surface area contributed by atoms with Gasteiger partial charge in [-0.15, -0.1) is 10.2 Å². The Balaban J connectivity index is 1.09. The summed E-state index contributed by atoms with van der Waals surface area (Å²) in [5.41, 5.74) is 1.16. The van der Waals surface area contributed by atoms with Gasteiger partial charge in [0.2, 0.25) is 0 Å². The maximum atomic E-state index is 12.7. The van der Waals surface area contributed by atoms with Crippen LogP contribution in [0.4, 0.5) is 5.82 Å². The Kier molecular flexibility index (Phi) is 6.57. The van der Waals surface area contributed by atoms with E-state index in [0.717, 1.165) is 57.7 Å². The molecule has 2 saturated heterocycles. The van der Waals surface area contributed by atoms with Crippen LogP contribution >= 0.6 is 11.6 Å². The van der Waals surface area contributed by atoms with Crippen LogP contribution in [0.5, 0.6) is 5.75 Å². The van der Waals surface area contributed by atoms with Gasteiger partial charge in [-0.05, 0) is 69.3 Å². The van der Waals surface area contributed by atoms with E-state index in [1.165, 1.54) is 12.8 Å². The number of rotatable bonds is 5. The van der Waals surface area contributed by atoms with Crippen LogP contribution in [0.3, 0.4) is 0 Å². The van der Waals surface area contributed by atoms with E-state index in [-0.39, 0.29) is 18.1 Å². The molecule has 0 radical (unpaired) electrons. The molecule has 8 nitrogen and oxygen atoms in total. The zero-order chi connectivity index (χ0) is 23.5. The average Bonchev–Trinajstić information content (AvgIpc) is 3.50. The first-order chi connectivity index (χ1) is 16.5. The van der Waals surface area contributed by atoms with Crippen LogP contribution in [0, 0.1) is 16.7 Å². The first-order valence-electron chi connectivity index (χ1n) is 12.0. The fourth-order valence-electron chi connectivity index (χ4n) is 5.33. The van der Waals surface area contributed by atoms with E-state index in [9.17, 15) is 4.79 Å². The summed E-state index contributed by atoms with van der Waals surface area (Å²) in [5.74, 6) is 1.33. The molecule has 1 unspecified atom stereocenters. The van der Waals surface area contributed by atoms with Crippen LogP contribution in [0.1, 0.15) is 54.6 Å². The predicted molar refractivity (Wildman–Crippen MR) is 129 cm³/mol. The Morgan fingerprint density at radius 3 is 2.74 bits per heavy atom. The second kappa shape index (κ2) is 9.77. The highest BCUT2D eigenvalue weighted by atomic mass is 35.5. The summed E-state index contributed by atoms with van der Waals surface area (Å²) in [6.07, 6.45) is 5.78. The monoisotopic (exact) mass is 480 g/mol. The molecule has 2 aliphatic heterocycles. The van der Waals surface area contributed by atoms with Crippen molar-refractivity contribution in [2.45, 2.75) is 50.7 Å². The molecular formula is C25H29ClN6O2. The van der Waals surface area contributed by atoms with E-state index in [1.807, 2.05) is 12.1 Å². The van der Waals surface area contributed by atoms with Gasteiger partial charge in [-0.2, -0.15) is 5.26 Å². The highest BCUT2D eigenvalue weighted by Crippen LogP contribution is 2.37. The van der Waals surface area contributed by atoms with Gasteiger partial charge in [-0.1, -0.05) is 11.6 Å². The summed E-state index contributed by atoms with van der Waals surface area (Å²) in [5, 5.41) is 24.5. The molecule has 1 saturated carbocycles. The third-order valence-electron chi connectivity index (χ3n) is 7.35. The number of aromatic nitrogens is 2. The number of amides is 1. The first-order valence-corrected chi connectivity index (χ1v) is 12.4. The molecule has 1 aromatic carbocycles. The number of anilines is 1. The van der Waals surface area contributed by atoms with Crippen LogP contribution in [-0.4, -0.2) is 54.4 Å². The molecule has 1 spiro atoms. The number of ether oxygens (including phenoxy) is 1. The lowest BCUT2D eigenvalue weighted by molar-refractivity contribution is 0.0888. The highest BCUT2D eigenvalue weighted by Gasteiger charge is 2.40. The smallest absolute Gasteiger partial charge is 0.272 e. The molecule has 0 bridgehead atoms. The van der Waals surface area contributed by atoms with E-state index in [4.69, 9.17) is 21.6 Å². The Labute approximate surface area is 204 Å². The van der Waals surface area contributed by atoms with Crippen molar-refractivity contribution >= 4 is 23.3 Å². The van der Waals surface area contributed by atoms with Gasteiger partial charge in [0, 0.05) is 37.2 Å². The summed E-state index contributed by atoms with van der Waals surface area (Å²) < 4.78 is 6.03. The summed E-state index contributed by atoms with van der Waals surface area (Å²) >= 11 is 6.09. The minimum atomic E-state index is -0.180. The summed E-state index contributed by atoms with van der Waals surface area (Å²) in [4.78, 5) is 15.0. The molecule has 1 aromatic heterocycles. The molecule has 3 aliphatic rings. The fraction of sp³-hybridized carbons (Fsp3) is 0.520. The number of hydrogen-bond donors (Lipinski definition) is 2. The minimum Gasteiger partial charge on any atom is -0.490 e. The van der Waals surface area contributed by atoms with Gasteiger partial charge >= 0.3 is 0 Å². The van der Waals surface area contributed by atoms with E-state index < -0.39 is 0 Å². The summed E-state index contributed by atoms with van der Waals surface area (Å²) in [6, 6.07) is 11.0. The molecule has 178 valence electrons. The van der Waals surface area contributed by atoms with Crippen molar-refractivity contribution in [1.29, 1.82) is 5.26 Å². The number of nitrogens with one attached hydrogen (secondary N) is 2. The van der Waals surface area contributed by atoms with Gasteiger partial charge in [0.05, 0.1) is 16.7 Å². The average molecular weight is 481 g/mol. The van der Waals surface area contributed by atoms with Crippen molar-refractivity contribution in [2.24, 2.45) is 5.41 Å². The van der Waals surface area contributed by atoms with Gasteiger partial charge < -0.3 is 20.3 Å². The second-order valence-corrected chi connectivity index (χ2v) is 10.1. The fourth-order valence-corrected chi connectivity index (χ4v) is 5.54. The third-order valence-corrected chi connectivity index (χ3v) is 7.66. The van der Waals surface area contributed by atoms with Crippen molar-refractivity contribution in [1.82, 2.24) is 20.8 Å². The SMILES string of the molecule is N#Cc1ccc(OC2CCC(NC(=O)c3ccc(N4CCC5(CCNC5)C4)nn3)CC2)cc1Cl. The highest BCUT2D eigenvalue weighted by molar-refractivity contribution is 6.31. The number of carbonyl (C=O) groups is 1. The lowest BCUT2D eigenvalue weighted by Crippen LogP contribution is -2.40. The molecule has 9 heteroatoms. The van der Waals surface area contributed by atoms with Crippen molar-refractivity contribution in [3.8, 4) is 11.8 Å². The van der Waals surface area contributed by atoms with Crippen molar-refractivity contribution in [3.63, 3.8) is 0 Å². The molecule has 3 fully saturated rings. The zero-order valence-electron chi connectivity index (χ0n) is 19.1. The second-order valence-electron chi connectivity index (χ2n) is 9.69. The number of hydrogen-bond acceptors (Lipinski definition) is 7. The van der Waals surface area contributed by atoms with Gasteiger partial charge in [0.1, 0.15) is 11.8 Å². The Hall–Kier alpha value is -2.89. The van der Waals surface area contributed by atoms with Gasteiger partial charge in [0.25, 0.3) is 5.91 Å². The number of carbonyl (C=O) groups excluding carboxylic acids is 1. The first kappa shape index (κ1) is 22.9. The molecule has 2 N–H and O–H groups in total. The Morgan fingerprint density at radius 2 is 2.06 bits per heavy atom. The number of nitrogens with zero attached hydrogens (tertiary/aromatic N) is 4. The lowest BCUT2D eigenvalue weighted by Gasteiger charge is -2.29. The third kappa shape index (κ3) is 4.96. The Morgan fingerprint density at radius 1 is 1.21 bits per heavy atom. The van der Waals surface area contributed by atoms with E-state index in [1.54, 1.807) is 24.3 Å². The molecular weight excluding hydrogens is 452 g/mol. The van der Waals surface area contributed by atoms with E-state index >= 15 is 0 Å². The van der Waals surface area contributed by atoms with Crippen LogP contribution in [-0.2, 0) is 0 Å². The summed E-state index contributed by atoms with van der Waals surface area (Å²) in [7, 11) is 0. The molecule has 1 aliphatic carbocycles. The zero-order valence-corrected chi connectivity index (χ0v) is 19.9. The van der Waals surface area contributed by atoms with Crippen LogP contribution in [0.2, 0.25) is 5.02 Å². The number of benzene rings is 1. The number of halogens is 1.